The van der Waals surface area contributed by atoms with Gasteiger partial charge in [0.25, 0.3) is 10.0 Å². The highest BCUT2D eigenvalue weighted by molar-refractivity contribution is 6.73. The van der Waals surface area contributed by atoms with Crippen molar-refractivity contribution >= 4 is 34.7 Å². The van der Waals surface area contributed by atoms with Gasteiger partial charge in [0.05, 0.1) is 0 Å². The fraction of sp³-hybridized carbons (Fsp3) is 0.0526. The molecule has 0 fully saturated rings. The van der Waals surface area contributed by atoms with Crippen LogP contribution in [0.5, 0.6) is 0 Å². The molecular formula is C19H22O2Si3. The number of hydrogen-bond acceptors (Lipinski definition) is 2. The fourth-order valence-electron chi connectivity index (χ4n) is 3.03. The highest BCUT2D eigenvalue weighted by atomic mass is 28.4. The van der Waals surface area contributed by atoms with Crippen LogP contribution in [0.15, 0.2) is 91.0 Å². The molecule has 0 aromatic heterocycles. The Morgan fingerprint density at radius 2 is 1.17 bits per heavy atom. The Hall–Kier alpha value is -1.77. The first kappa shape index (κ1) is 17.1. The van der Waals surface area contributed by atoms with Gasteiger partial charge in [-0.3, -0.25) is 0 Å². The summed E-state index contributed by atoms with van der Waals surface area (Å²) in [5.74, 6) is 0. The van der Waals surface area contributed by atoms with E-state index in [2.05, 4.69) is 91.0 Å². The van der Waals surface area contributed by atoms with Crippen molar-refractivity contribution in [3.8, 4) is 0 Å². The predicted molar refractivity (Wildman–Crippen MR) is 109 cm³/mol. The Bertz CT molecular complexity index is 684. The van der Waals surface area contributed by atoms with Crippen LogP contribution in [-0.4, -0.2) is 29.5 Å². The summed E-state index contributed by atoms with van der Waals surface area (Å²) in [7, 11) is -1.87. The van der Waals surface area contributed by atoms with Gasteiger partial charge < -0.3 is 8.23 Å². The van der Waals surface area contributed by atoms with E-state index < -0.39 is 19.0 Å². The number of hydrogen-bond donors (Lipinski definition) is 0. The topological polar surface area (TPSA) is 18.5 Å². The molecule has 5 heteroatoms. The third kappa shape index (κ3) is 4.20. The summed E-state index contributed by atoms with van der Waals surface area (Å²) in [6.07, 6.45) is 0. The Labute approximate surface area is 150 Å². The minimum Gasteiger partial charge on any atom is -0.449 e. The maximum atomic E-state index is 6.44. The van der Waals surface area contributed by atoms with Crippen LogP contribution in [0.1, 0.15) is 16.7 Å². The molecule has 1 atom stereocenters. The molecule has 122 valence electrons. The lowest BCUT2D eigenvalue weighted by molar-refractivity contribution is 0.489. The molecule has 2 nitrogen and oxygen atoms in total. The molecule has 0 spiro atoms. The van der Waals surface area contributed by atoms with Crippen LogP contribution in [0, 0.1) is 0 Å². The lowest BCUT2D eigenvalue weighted by Gasteiger charge is -2.27. The van der Waals surface area contributed by atoms with E-state index in [0.717, 1.165) is 10.5 Å². The summed E-state index contributed by atoms with van der Waals surface area (Å²) < 4.78 is 11.9. The van der Waals surface area contributed by atoms with E-state index in [1.807, 2.05) is 0 Å². The van der Waals surface area contributed by atoms with Gasteiger partial charge in [0.15, 0.2) is 0 Å². The summed E-state index contributed by atoms with van der Waals surface area (Å²) in [6.45, 7) is 0. The molecule has 0 N–H and O–H groups in total. The highest BCUT2D eigenvalue weighted by Crippen LogP contribution is 2.27. The van der Waals surface area contributed by atoms with Gasteiger partial charge in [0.2, 0.25) is 9.04 Å². The smallest absolute Gasteiger partial charge is 0.283 e. The van der Waals surface area contributed by atoms with Crippen LogP contribution in [0.25, 0.3) is 0 Å². The van der Waals surface area contributed by atoms with E-state index in [0.29, 0.717) is 5.54 Å². The van der Waals surface area contributed by atoms with E-state index in [-0.39, 0.29) is 0 Å². The van der Waals surface area contributed by atoms with Crippen LogP contribution in [-0.2, 0) is 8.23 Å². The Balaban J connectivity index is 2.07. The van der Waals surface area contributed by atoms with Gasteiger partial charge in [-0.2, -0.15) is 0 Å². The zero-order valence-corrected chi connectivity index (χ0v) is 18.4. The van der Waals surface area contributed by atoms with Crippen LogP contribution in [0.3, 0.4) is 0 Å². The van der Waals surface area contributed by atoms with E-state index >= 15 is 0 Å². The SMILES string of the molecule is [SiH3]O[SiH2]O[SiH](c1ccccc1)C(c1ccccc1)c1ccccc1. The second kappa shape index (κ2) is 8.91. The molecule has 3 aromatic carbocycles. The third-order valence-corrected chi connectivity index (χ3v) is 9.45. The predicted octanol–water partition coefficient (Wildman–Crippen LogP) is 1.30. The molecule has 0 aliphatic rings. The molecule has 0 saturated carbocycles. The van der Waals surface area contributed by atoms with E-state index in [1.165, 1.54) is 16.3 Å². The Morgan fingerprint density at radius 3 is 1.62 bits per heavy atom. The molecule has 0 amide bonds. The third-order valence-electron chi connectivity index (χ3n) is 4.11. The van der Waals surface area contributed by atoms with Crippen molar-refractivity contribution in [1.82, 2.24) is 0 Å². The molecular weight excluding hydrogens is 344 g/mol. The zero-order chi connectivity index (χ0) is 16.6. The normalized spacial score (nSPS) is 12.9. The molecule has 24 heavy (non-hydrogen) atoms. The van der Waals surface area contributed by atoms with Gasteiger partial charge >= 0.3 is 0 Å². The molecule has 3 aromatic rings. The molecule has 0 aliphatic carbocycles. The van der Waals surface area contributed by atoms with Gasteiger partial charge in [-0.15, -0.1) is 0 Å². The first-order valence-corrected chi connectivity index (χ1v) is 11.8. The molecule has 0 aliphatic heterocycles. The zero-order valence-electron chi connectivity index (χ0n) is 13.8. The standard InChI is InChI=1S/C19H22O2Si3/c22-20-23-21-24(18-14-8-3-9-15-18)19(16-10-4-1-5-11-16)17-12-6-2-7-13-17/h1-15,19,24H,23H2,22H3. The van der Waals surface area contributed by atoms with E-state index in [1.54, 1.807) is 0 Å². The van der Waals surface area contributed by atoms with Crippen LogP contribution in [0.4, 0.5) is 0 Å². The second-order valence-corrected chi connectivity index (χ2v) is 11.8. The molecule has 1 unspecified atom stereocenters. The van der Waals surface area contributed by atoms with Gasteiger partial charge in [-0.25, -0.2) is 0 Å². The van der Waals surface area contributed by atoms with Gasteiger partial charge in [-0.1, -0.05) is 91.0 Å². The van der Waals surface area contributed by atoms with Crippen molar-refractivity contribution in [2.45, 2.75) is 5.54 Å². The molecule has 0 saturated heterocycles. The molecule has 0 bridgehead atoms. The minimum absolute atomic E-state index is 0.291. The van der Waals surface area contributed by atoms with E-state index in [4.69, 9.17) is 8.23 Å². The lowest BCUT2D eigenvalue weighted by Crippen LogP contribution is -2.42. The van der Waals surface area contributed by atoms with Gasteiger partial charge in [0.1, 0.15) is 10.5 Å². The average molecular weight is 367 g/mol. The van der Waals surface area contributed by atoms with Crippen LogP contribution >= 0.6 is 0 Å². The van der Waals surface area contributed by atoms with Crippen molar-refractivity contribution in [3.63, 3.8) is 0 Å². The molecule has 0 heterocycles. The summed E-state index contributed by atoms with van der Waals surface area (Å²) >= 11 is 0. The Morgan fingerprint density at radius 1 is 0.708 bits per heavy atom. The first-order valence-electron chi connectivity index (χ1n) is 8.15. The maximum absolute atomic E-state index is 6.44. The van der Waals surface area contributed by atoms with Crippen LogP contribution in [0.2, 0.25) is 0 Å². The van der Waals surface area contributed by atoms with Crippen molar-refractivity contribution in [2.75, 3.05) is 0 Å². The van der Waals surface area contributed by atoms with Crippen molar-refractivity contribution in [3.05, 3.63) is 102 Å². The lowest BCUT2D eigenvalue weighted by atomic mass is 10.0. The second-order valence-electron chi connectivity index (χ2n) is 5.70. The van der Waals surface area contributed by atoms with Crippen molar-refractivity contribution in [2.24, 2.45) is 0 Å². The highest BCUT2D eigenvalue weighted by Gasteiger charge is 2.29. The number of benzene rings is 3. The summed E-state index contributed by atoms with van der Waals surface area (Å²) in [4.78, 5) is 0. The fourth-order valence-corrected chi connectivity index (χ4v) is 9.06. The summed E-state index contributed by atoms with van der Waals surface area (Å²) in [6, 6.07) is 32.1. The minimum atomic E-state index is -1.72. The number of rotatable bonds is 7. The monoisotopic (exact) mass is 366 g/mol. The van der Waals surface area contributed by atoms with Gasteiger partial charge in [-0.05, 0) is 16.3 Å². The van der Waals surface area contributed by atoms with Gasteiger partial charge in [0, 0.05) is 5.54 Å². The Kier molecular flexibility index (Phi) is 6.34. The summed E-state index contributed by atoms with van der Waals surface area (Å²) in [5, 5.41) is 1.33. The van der Waals surface area contributed by atoms with E-state index in [9.17, 15) is 0 Å². The average Bonchev–Trinajstić information content (AvgIpc) is 2.67. The molecule has 0 radical (unpaired) electrons. The van der Waals surface area contributed by atoms with Crippen molar-refractivity contribution in [1.29, 1.82) is 0 Å². The van der Waals surface area contributed by atoms with Crippen LogP contribution < -0.4 is 5.19 Å². The molecule has 3 rings (SSSR count). The summed E-state index contributed by atoms with van der Waals surface area (Å²) in [5.41, 5.74) is 2.94. The van der Waals surface area contributed by atoms with Crippen molar-refractivity contribution < 1.29 is 8.23 Å². The quantitative estimate of drug-likeness (QED) is 0.587. The largest absolute Gasteiger partial charge is 0.449 e. The maximum Gasteiger partial charge on any atom is 0.283 e. The first-order chi connectivity index (χ1) is 11.9.